The Bertz CT molecular complexity index is 1080. The van der Waals surface area contributed by atoms with Crippen molar-refractivity contribution in [2.24, 2.45) is 0 Å². The molecule has 0 aliphatic rings. The number of hydrogen-bond acceptors (Lipinski definition) is 5. The molecule has 0 aromatic heterocycles. The van der Waals surface area contributed by atoms with E-state index < -0.39 is 28.5 Å². The van der Waals surface area contributed by atoms with Crippen LogP contribution in [0.15, 0.2) is 42.5 Å². The van der Waals surface area contributed by atoms with Gasteiger partial charge in [-0.2, -0.15) is 0 Å². The van der Waals surface area contributed by atoms with Crippen molar-refractivity contribution in [3.05, 3.63) is 59.2 Å². The highest BCUT2D eigenvalue weighted by atomic mass is 32.2. The van der Waals surface area contributed by atoms with E-state index in [-0.39, 0.29) is 12.5 Å². The second kappa shape index (κ2) is 11.2. The molecule has 180 valence electrons. The summed E-state index contributed by atoms with van der Waals surface area (Å²) in [5, 5.41) is 2.60. The fourth-order valence-corrected chi connectivity index (χ4v) is 4.50. The van der Waals surface area contributed by atoms with E-state index >= 15 is 0 Å². The zero-order chi connectivity index (χ0) is 24.8. The minimum absolute atomic E-state index is 0.152. The van der Waals surface area contributed by atoms with Crippen LogP contribution in [-0.4, -0.2) is 58.1 Å². The third-order valence-electron chi connectivity index (χ3n) is 5.46. The van der Waals surface area contributed by atoms with E-state index in [4.69, 9.17) is 4.74 Å². The fourth-order valence-electron chi connectivity index (χ4n) is 3.60. The zero-order valence-corrected chi connectivity index (χ0v) is 20.9. The molecule has 9 heteroatoms. The molecule has 0 heterocycles. The molecule has 0 saturated carbocycles. The number of hydrogen-bond donors (Lipinski definition) is 1. The smallest absolute Gasteiger partial charge is 0.244 e. The first-order chi connectivity index (χ1) is 15.5. The van der Waals surface area contributed by atoms with Crippen molar-refractivity contribution in [3.63, 3.8) is 0 Å². The van der Waals surface area contributed by atoms with Gasteiger partial charge >= 0.3 is 0 Å². The van der Waals surface area contributed by atoms with Crippen LogP contribution in [0.5, 0.6) is 5.75 Å². The maximum absolute atomic E-state index is 13.5. The number of aryl methyl sites for hydroxylation is 2. The van der Waals surface area contributed by atoms with Gasteiger partial charge < -0.3 is 15.0 Å². The van der Waals surface area contributed by atoms with Crippen molar-refractivity contribution in [1.82, 2.24) is 10.2 Å². The molecule has 0 aliphatic carbocycles. The second-order valence-electron chi connectivity index (χ2n) is 7.97. The number of likely N-dealkylation sites (N-methyl/N-ethyl adjacent to an activating group) is 1. The number of methoxy groups -OCH3 is 1. The number of ether oxygens (including phenoxy) is 1. The molecule has 2 amide bonds. The molecule has 0 radical (unpaired) electrons. The molecule has 0 saturated heterocycles. The summed E-state index contributed by atoms with van der Waals surface area (Å²) in [5.74, 6) is -0.0993. The minimum Gasteiger partial charge on any atom is -0.497 e. The van der Waals surface area contributed by atoms with Crippen molar-refractivity contribution in [3.8, 4) is 5.75 Å². The van der Waals surface area contributed by atoms with Crippen LogP contribution in [0.25, 0.3) is 0 Å². The van der Waals surface area contributed by atoms with Gasteiger partial charge in [0.2, 0.25) is 21.8 Å². The topological polar surface area (TPSA) is 96.0 Å². The summed E-state index contributed by atoms with van der Waals surface area (Å²) in [6, 6.07) is 11.9. The molecule has 2 aromatic carbocycles. The molecule has 0 bridgehead atoms. The fraction of sp³-hybridized carbons (Fsp3) is 0.417. The summed E-state index contributed by atoms with van der Waals surface area (Å²) in [6.07, 6.45) is 1.45. The van der Waals surface area contributed by atoms with Crippen molar-refractivity contribution in [2.45, 2.75) is 39.8 Å². The van der Waals surface area contributed by atoms with Gasteiger partial charge in [0.1, 0.15) is 18.3 Å². The summed E-state index contributed by atoms with van der Waals surface area (Å²) in [4.78, 5) is 27.5. The Kier molecular flexibility index (Phi) is 8.87. The van der Waals surface area contributed by atoms with Crippen LogP contribution in [0, 0.1) is 13.8 Å². The maximum atomic E-state index is 13.5. The number of benzene rings is 2. The number of rotatable bonds is 10. The molecule has 33 heavy (non-hydrogen) atoms. The third kappa shape index (κ3) is 6.71. The highest BCUT2D eigenvalue weighted by molar-refractivity contribution is 7.92. The van der Waals surface area contributed by atoms with E-state index in [0.717, 1.165) is 27.3 Å². The monoisotopic (exact) mass is 475 g/mol. The Hall–Kier alpha value is -3.07. The first-order valence-electron chi connectivity index (χ1n) is 10.7. The van der Waals surface area contributed by atoms with Gasteiger partial charge in [0.05, 0.1) is 19.1 Å². The van der Waals surface area contributed by atoms with Crippen molar-refractivity contribution < 1.29 is 22.7 Å². The van der Waals surface area contributed by atoms with Gasteiger partial charge in [-0.3, -0.25) is 13.9 Å². The van der Waals surface area contributed by atoms with E-state index in [0.29, 0.717) is 17.9 Å². The lowest BCUT2D eigenvalue weighted by atomic mass is 10.1. The van der Waals surface area contributed by atoms with E-state index in [9.17, 15) is 18.0 Å². The first-order valence-corrected chi connectivity index (χ1v) is 12.6. The zero-order valence-electron chi connectivity index (χ0n) is 20.1. The van der Waals surface area contributed by atoms with E-state index in [1.165, 1.54) is 11.9 Å². The quantitative estimate of drug-likeness (QED) is 0.570. The highest BCUT2D eigenvalue weighted by Crippen LogP contribution is 2.25. The lowest BCUT2D eigenvalue weighted by Crippen LogP contribution is -2.51. The number of carbonyl (C=O) groups is 2. The molecular formula is C24H33N3O5S. The molecule has 0 spiro atoms. The standard InChI is InChI=1S/C24H33N3O5S/c1-7-21(24(29)25-4)26(15-19-10-12-20(32-5)13-11-19)23(28)16-27(33(6,30)31)22-14-17(2)8-9-18(22)3/h8-14,21H,7,15-16H2,1-6H3,(H,25,29)/t21-/m0/s1. The van der Waals surface area contributed by atoms with Crippen LogP contribution < -0.4 is 14.4 Å². The Morgan fingerprint density at radius 2 is 1.73 bits per heavy atom. The summed E-state index contributed by atoms with van der Waals surface area (Å²) in [6.45, 7) is 5.21. The molecule has 8 nitrogen and oxygen atoms in total. The summed E-state index contributed by atoms with van der Waals surface area (Å²) >= 11 is 0. The molecule has 0 unspecified atom stereocenters. The number of amides is 2. The molecule has 2 aromatic rings. The molecular weight excluding hydrogens is 442 g/mol. The predicted molar refractivity (Wildman–Crippen MR) is 130 cm³/mol. The Morgan fingerprint density at radius 1 is 1.09 bits per heavy atom. The number of carbonyl (C=O) groups excluding carboxylic acids is 2. The lowest BCUT2D eigenvalue weighted by molar-refractivity contribution is -0.140. The molecule has 2 rings (SSSR count). The SMILES string of the molecule is CC[C@@H](C(=O)NC)N(Cc1ccc(OC)cc1)C(=O)CN(c1cc(C)ccc1C)S(C)(=O)=O. The Labute approximate surface area is 196 Å². The van der Waals surface area contributed by atoms with Crippen LogP contribution in [0.4, 0.5) is 5.69 Å². The highest BCUT2D eigenvalue weighted by Gasteiger charge is 2.31. The van der Waals surface area contributed by atoms with Crippen LogP contribution >= 0.6 is 0 Å². The third-order valence-corrected chi connectivity index (χ3v) is 6.58. The maximum Gasteiger partial charge on any atom is 0.244 e. The van der Waals surface area contributed by atoms with Crippen LogP contribution in [-0.2, 0) is 26.2 Å². The van der Waals surface area contributed by atoms with Crippen molar-refractivity contribution >= 4 is 27.5 Å². The lowest BCUT2D eigenvalue weighted by Gasteiger charge is -2.33. The largest absolute Gasteiger partial charge is 0.497 e. The Morgan fingerprint density at radius 3 is 2.24 bits per heavy atom. The van der Waals surface area contributed by atoms with Gasteiger partial charge in [0.15, 0.2) is 0 Å². The van der Waals surface area contributed by atoms with E-state index in [2.05, 4.69) is 5.32 Å². The second-order valence-corrected chi connectivity index (χ2v) is 9.87. The van der Waals surface area contributed by atoms with Gasteiger partial charge in [-0.15, -0.1) is 0 Å². The van der Waals surface area contributed by atoms with Crippen LogP contribution in [0.1, 0.15) is 30.0 Å². The average Bonchev–Trinajstić information content (AvgIpc) is 2.78. The first kappa shape index (κ1) is 26.2. The van der Waals surface area contributed by atoms with Gasteiger partial charge in [-0.25, -0.2) is 8.42 Å². The summed E-state index contributed by atoms with van der Waals surface area (Å²) < 4.78 is 31.6. The number of nitrogens with one attached hydrogen (secondary N) is 1. The van der Waals surface area contributed by atoms with Crippen molar-refractivity contribution in [1.29, 1.82) is 0 Å². The molecule has 1 N–H and O–H groups in total. The predicted octanol–water partition coefficient (Wildman–Crippen LogP) is 2.63. The van der Waals surface area contributed by atoms with Gasteiger partial charge in [-0.05, 0) is 55.2 Å². The normalized spacial score (nSPS) is 12.1. The molecule has 1 atom stereocenters. The number of anilines is 1. The van der Waals surface area contributed by atoms with E-state index in [1.54, 1.807) is 32.2 Å². The average molecular weight is 476 g/mol. The summed E-state index contributed by atoms with van der Waals surface area (Å²) in [5.41, 5.74) is 2.86. The van der Waals surface area contributed by atoms with E-state index in [1.807, 2.05) is 38.1 Å². The number of sulfonamides is 1. The van der Waals surface area contributed by atoms with Gasteiger partial charge in [0.25, 0.3) is 0 Å². The Balaban J connectivity index is 2.45. The van der Waals surface area contributed by atoms with Gasteiger partial charge in [0, 0.05) is 13.6 Å². The van der Waals surface area contributed by atoms with Crippen LogP contribution in [0.3, 0.4) is 0 Å². The molecule has 0 fully saturated rings. The van der Waals surface area contributed by atoms with Gasteiger partial charge in [-0.1, -0.05) is 31.2 Å². The van der Waals surface area contributed by atoms with Crippen LogP contribution in [0.2, 0.25) is 0 Å². The van der Waals surface area contributed by atoms with Crippen molar-refractivity contribution in [2.75, 3.05) is 31.3 Å². The number of nitrogens with zero attached hydrogens (tertiary/aromatic N) is 2. The minimum atomic E-state index is -3.76. The summed E-state index contributed by atoms with van der Waals surface area (Å²) in [7, 11) is -0.677. The molecule has 0 aliphatic heterocycles.